The molecular weight excluding hydrogens is 419 g/mol. The molecular formula is C19H26Cl2N4O2S. The summed E-state index contributed by atoms with van der Waals surface area (Å²) < 4.78 is 7.93. The summed E-state index contributed by atoms with van der Waals surface area (Å²) in [4.78, 5) is 25.8. The first-order chi connectivity index (χ1) is 12.5. The fraction of sp³-hybridized carbons (Fsp3) is 0.526. The number of fused-ring (bicyclic) bond motifs is 3. The lowest BCUT2D eigenvalue weighted by molar-refractivity contribution is 0.0369. The Labute approximate surface area is 180 Å². The number of pyridine rings is 1. The predicted molar refractivity (Wildman–Crippen MR) is 120 cm³/mol. The first-order valence-electron chi connectivity index (χ1n) is 9.12. The molecule has 0 aromatic carbocycles. The van der Waals surface area contributed by atoms with Crippen LogP contribution in [0.2, 0.25) is 0 Å². The van der Waals surface area contributed by atoms with Crippen LogP contribution in [0.3, 0.4) is 0 Å². The van der Waals surface area contributed by atoms with Crippen molar-refractivity contribution in [2.75, 3.05) is 32.8 Å². The number of hydrogen-bond acceptors (Lipinski definition) is 6. The molecule has 0 bridgehead atoms. The topological polar surface area (TPSA) is 60.2 Å². The Kier molecular flexibility index (Phi) is 7.81. The normalized spacial score (nSPS) is 14.8. The molecule has 0 N–H and O–H groups in total. The van der Waals surface area contributed by atoms with E-state index >= 15 is 0 Å². The van der Waals surface area contributed by atoms with Crippen LogP contribution in [0.1, 0.15) is 23.5 Å². The van der Waals surface area contributed by atoms with Crippen LogP contribution in [-0.4, -0.2) is 52.3 Å². The summed E-state index contributed by atoms with van der Waals surface area (Å²) in [5.41, 5.74) is 2.98. The van der Waals surface area contributed by atoms with Gasteiger partial charge >= 0.3 is 0 Å². The summed E-state index contributed by atoms with van der Waals surface area (Å²) >= 11 is 1.47. The van der Waals surface area contributed by atoms with Crippen LogP contribution in [-0.2, 0) is 11.3 Å². The Morgan fingerprint density at radius 2 is 1.82 bits per heavy atom. The molecule has 0 atom stereocenters. The van der Waals surface area contributed by atoms with Crippen LogP contribution < -0.4 is 5.56 Å². The van der Waals surface area contributed by atoms with E-state index in [1.807, 2.05) is 18.4 Å². The Morgan fingerprint density at radius 3 is 2.54 bits per heavy atom. The summed E-state index contributed by atoms with van der Waals surface area (Å²) in [6, 6.07) is 2.05. The van der Waals surface area contributed by atoms with E-state index in [4.69, 9.17) is 9.72 Å². The van der Waals surface area contributed by atoms with E-state index < -0.39 is 0 Å². The largest absolute Gasteiger partial charge is 0.379 e. The predicted octanol–water partition coefficient (Wildman–Crippen LogP) is 3.50. The van der Waals surface area contributed by atoms with Crippen molar-refractivity contribution in [2.45, 2.75) is 33.7 Å². The highest BCUT2D eigenvalue weighted by atomic mass is 35.5. The van der Waals surface area contributed by atoms with Gasteiger partial charge in [-0.3, -0.25) is 14.3 Å². The van der Waals surface area contributed by atoms with Crippen molar-refractivity contribution in [3.63, 3.8) is 0 Å². The van der Waals surface area contributed by atoms with Crippen LogP contribution in [0.15, 0.2) is 10.9 Å². The molecule has 0 saturated carbocycles. The van der Waals surface area contributed by atoms with Crippen LogP contribution in [0, 0.1) is 20.8 Å². The maximum absolute atomic E-state index is 13.1. The molecule has 6 nitrogen and oxygen atoms in total. The minimum atomic E-state index is 0. The van der Waals surface area contributed by atoms with Crippen LogP contribution in [0.5, 0.6) is 0 Å². The fourth-order valence-electron chi connectivity index (χ4n) is 3.71. The van der Waals surface area contributed by atoms with Gasteiger partial charge in [0.2, 0.25) is 0 Å². The number of thiophene rings is 1. The zero-order chi connectivity index (χ0) is 18.3. The summed E-state index contributed by atoms with van der Waals surface area (Å²) in [5, 5.41) is 1.02. The van der Waals surface area contributed by atoms with Crippen molar-refractivity contribution < 1.29 is 4.74 Å². The molecule has 0 amide bonds. The second-order valence-corrected chi connectivity index (χ2v) is 7.96. The van der Waals surface area contributed by atoms with Gasteiger partial charge in [0.05, 0.1) is 18.7 Å². The molecule has 0 unspecified atom stereocenters. The van der Waals surface area contributed by atoms with Gasteiger partial charge in [-0.15, -0.1) is 36.2 Å². The second-order valence-electron chi connectivity index (χ2n) is 6.96. The third kappa shape index (κ3) is 4.33. The highest BCUT2D eigenvalue weighted by Crippen LogP contribution is 2.32. The molecule has 4 rings (SSSR count). The van der Waals surface area contributed by atoms with Crippen molar-refractivity contribution in [1.29, 1.82) is 0 Å². The Bertz CT molecular complexity index is 1030. The lowest BCUT2D eigenvalue weighted by atomic mass is 10.1. The standard InChI is InChI=1S/C19H24N4O2S.2ClH/c1-12-11-13(2)20-18-15(12)16-17(26-18)19(24)23(14(3)21-16)6-4-5-22-7-9-25-10-8-22;;/h11H,4-10H2,1-3H3;2*1H. The van der Waals surface area contributed by atoms with Crippen molar-refractivity contribution in [1.82, 2.24) is 19.4 Å². The molecule has 1 saturated heterocycles. The fourth-order valence-corrected chi connectivity index (χ4v) is 4.89. The summed E-state index contributed by atoms with van der Waals surface area (Å²) in [5.74, 6) is 0.782. The molecule has 0 aliphatic carbocycles. The molecule has 9 heteroatoms. The average molecular weight is 445 g/mol. The molecule has 1 fully saturated rings. The van der Waals surface area contributed by atoms with Crippen LogP contribution in [0.25, 0.3) is 20.4 Å². The lowest BCUT2D eigenvalue weighted by Crippen LogP contribution is -2.37. The summed E-state index contributed by atoms with van der Waals surface area (Å²) in [6.45, 7) is 11.2. The first-order valence-corrected chi connectivity index (χ1v) is 9.94. The minimum absolute atomic E-state index is 0. The van der Waals surface area contributed by atoms with Crippen molar-refractivity contribution >= 4 is 56.6 Å². The van der Waals surface area contributed by atoms with Gasteiger partial charge in [-0.05, 0) is 38.8 Å². The summed E-state index contributed by atoms with van der Waals surface area (Å²) in [6.07, 6.45) is 0.940. The number of nitrogens with zero attached hydrogens (tertiary/aromatic N) is 4. The molecule has 3 aromatic heterocycles. The van der Waals surface area contributed by atoms with E-state index in [9.17, 15) is 4.79 Å². The number of aromatic nitrogens is 3. The molecule has 1 aliphatic heterocycles. The van der Waals surface area contributed by atoms with E-state index in [0.717, 1.165) is 76.8 Å². The van der Waals surface area contributed by atoms with Crippen LogP contribution in [0.4, 0.5) is 0 Å². The smallest absolute Gasteiger partial charge is 0.271 e. The second kappa shape index (κ2) is 9.50. The quantitative estimate of drug-likeness (QED) is 0.615. The van der Waals surface area contributed by atoms with Gasteiger partial charge in [-0.2, -0.15) is 0 Å². The van der Waals surface area contributed by atoms with Crippen molar-refractivity contribution in [3.05, 3.63) is 33.5 Å². The zero-order valence-corrected chi connectivity index (χ0v) is 18.8. The van der Waals surface area contributed by atoms with Crippen LogP contribution >= 0.6 is 36.2 Å². The number of rotatable bonds is 4. The number of morpholine rings is 1. The van der Waals surface area contributed by atoms with Gasteiger partial charge < -0.3 is 4.74 Å². The van der Waals surface area contributed by atoms with Crippen molar-refractivity contribution in [2.24, 2.45) is 0 Å². The Balaban J connectivity index is 0.00000140. The maximum Gasteiger partial charge on any atom is 0.271 e. The van der Waals surface area contributed by atoms with Gasteiger partial charge in [0.1, 0.15) is 15.4 Å². The minimum Gasteiger partial charge on any atom is -0.379 e. The number of aryl methyl sites for hydroxylation is 3. The van der Waals surface area contributed by atoms with Gasteiger partial charge in [0.25, 0.3) is 5.56 Å². The van der Waals surface area contributed by atoms with Gasteiger partial charge in [0, 0.05) is 37.3 Å². The van der Waals surface area contributed by atoms with Crippen molar-refractivity contribution in [3.8, 4) is 0 Å². The Hall–Kier alpha value is -1.25. The summed E-state index contributed by atoms with van der Waals surface area (Å²) in [7, 11) is 0. The molecule has 1 aliphatic rings. The SMILES string of the molecule is Cc1cc(C)c2c(n1)sc1c(=O)n(CCCN3CCOCC3)c(C)nc12.Cl.Cl. The first kappa shape index (κ1) is 23.0. The highest BCUT2D eigenvalue weighted by molar-refractivity contribution is 7.25. The van der Waals surface area contributed by atoms with Gasteiger partial charge in [-0.25, -0.2) is 9.97 Å². The van der Waals surface area contributed by atoms with E-state index in [0.29, 0.717) is 6.54 Å². The molecule has 4 heterocycles. The third-order valence-electron chi connectivity index (χ3n) is 5.03. The average Bonchev–Trinajstić information content (AvgIpc) is 2.97. The lowest BCUT2D eigenvalue weighted by Gasteiger charge is -2.26. The molecule has 28 heavy (non-hydrogen) atoms. The Morgan fingerprint density at radius 1 is 1.11 bits per heavy atom. The number of hydrogen-bond donors (Lipinski definition) is 0. The molecule has 3 aromatic rings. The number of ether oxygens (including phenoxy) is 1. The number of halogens is 2. The van der Waals surface area contributed by atoms with E-state index in [1.54, 1.807) is 0 Å². The van der Waals surface area contributed by atoms with Gasteiger partial charge in [0.15, 0.2) is 0 Å². The maximum atomic E-state index is 13.1. The molecule has 154 valence electrons. The third-order valence-corrected chi connectivity index (χ3v) is 6.09. The van der Waals surface area contributed by atoms with E-state index in [1.165, 1.54) is 11.3 Å². The van der Waals surface area contributed by atoms with E-state index in [-0.39, 0.29) is 30.4 Å². The van der Waals surface area contributed by atoms with E-state index in [2.05, 4.69) is 22.9 Å². The molecule has 0 spiro atoms. The monoisotopic (exact) mass is 444 g/mol. The highest BCUT2D eigenvalue weighted by Gasteiger charge is 2.17. The molecule has 0 radical (unpaired) electrons. The van der Waals surface area contributed by atoms with Gasteiger partial charge in [-0.1, -0.05) is 0 Å². The zero-order valence-electron chi connectivity index (χ0n) is 16.4.